The van der Waals surface area contributed by atoms with Crippen molar-refractivity contribution in [3.05, 3.63) is 76.8 Å². The normalized spacial score (nSPS) is 17.7. The van der Waals surface area contributed by atoms with Crippen LogP contribution in [-0.2, 0) is 25.6 Å². The predicted octanol–water partition coefficient (Wildman–Crippen LogP) is 4.86. The zero-order valence-electron chi connectivity index (χ0n) is 28.1. The maximum absolute atomic E-state index is 14.1. The van der Waals surface area contributed by atoms with Crippen molar-refractivity contribution in [2.45, 2.75) is 95.3 Å². The number of carbonyl (C=O) groups is 4. The van der Waals surface area contributed by atoms with Crippen molar-refractivity contribution in [2.75, 3.05) is 13.2 Å². The molecule has 3 aromatic rings. The average molecular weight is 690 g/mol. The fourth-order valence-electron chi connectivity index (χ4n) is 6.86. The Kier molecular flexibility index (Phi) is 12.9. The number of rotatable bonds is 15. The van der Waals surface area contributed by atoms with Crippen molar-refractivity contribution in [1.82, 2.24) is 21.3 Å². The standard InChI is InChI=1S/C38H48ClN5O5/c1-2-34(45)41-32(22-24-14-15-25-9-3-6-12-27(25)21-24)37(47)44-35(26-10-4-5-11-26)38(48)43-31(13-7-8-19-40)36(46)42-30-18-20-49-33-17-16-28(39)23-29(30)33/h3,6,9,12,14-17,21,23,26,30-32,35H,2,4-5,7-8,10-11,13,18-20,22,40H2,1H3,(H,41,45)(H,42,46)(H,43,48)(H,44,47)/t30-,31+,32+,35+/m1/s1. The third-order valence-electron chi connectivity index (χ3n) is 9.59. The second kappa shape index (κ2) is 17.5. The molecule has 1 aliphatic heterocycles. The van der Waals surface area contributed by atoms with Gasteiger partial charge in [-0.25, -0.2) is 0 Å². The molecular weight excluding hydrogens is 642 g/mol. The average Bonchev–Trinajstić information content (AvgIpc) is 3.64. The summed E-state index contributed by atoms with van der Waals surface area (Å²) >= 11 is 6.26. The summed E-state index contributed by atoms with van der Waals surface area (Å²) in [7, 11) is 0. The smallest absolute Gasteiger partial charge is 0.243 e. The van der Waals surface area contributed by atoms with Gasteiger partial charge in [-0.3, -0.25) is 19.2 Å². The molecule has 2 aliphatic rings. The highest BCUT2D eigenvalue weighted by atomic mass is 35.5. The van der Waals surface area contributed by atoms with Crippen LogP contribution in [0.3, 0.4) is 0 Å². The van der Waals surface area contributed by atoms with E-state index in [0.717, 1.165) is 47.6 Å². The van der Waals surface area contributed by atoms with Gasteiger partial charge in [0.05, 0.1) is 12.6 Å². The molecule has 1 aliphatic carbocycles. The van der Waals surface area contributed by atoms with E-state index in [9.17, 15) is 19.2 Å². The number of nitrogens with one attached hydrogen (secondary N) is 4. The first-order valence-corrected chi connectivity index (χ1v) is 17.9. The van der Waals surface area contributed by atoms with Gasteiger partial charge in [0, 0.05) is 29.8 Å². The van der Waals surface area contributed by atoms with E-state index in [1.54, 1.807) is 25.1 Å². The zero-order valence-corrected chi connectivity index (χ0v) is 28.9. The second-order valence-electron chi connectivity index (χ2n) is 13.1. The Balaban J connectivity index is 1.33. The molecule has 6 N–H and O–H groups in total. The van der Waals surface area contributed by atoms with Crippen molar-refractivity contribution in [1.29, 1.82) is 0 Å². The van der Waals surface area contributed by atoms with E-state index in [4.69, 9.17) is 22.1 Å². The van der Waals surface area contributed by atoms with Gasteiger partial charge < -0.3 is 31.7 Å². The molecule has 0 bridgehead atoms. The summed E-state index contributed by atoms with van der Waals surface area (Å²) in [6.45, 7) is 2.64. The highest BCUT2D eigenvalue weighted by Crippen LogP contribution is 2.34. The van der Waals surface area contributed by atoms with E-state index >= 15 is 0 Å². The van der Waals surface area contributed by atoms with Gasteiger partial charge in [-0.2, -0.15) is 0 Å². The Bertz CT molecular complexity index is 1630. The third-order valence-corrected chi connectivity index (χ3v) is 9.82. The molecule has 10 nitrogen and oxygen atoms in total. The molecule has 11 heteroatoms. The first kappa shape index (κ1) is 36.1. The van der Waals surface area contributed by atoms with E-state index < -0.39 is 29.9 Å². The lowest BCUT2D eigenvalue weighted by Gasteiger charge is -2.31. The Morgan fingerprint density at radius 2 is 1.63 bits per heavy atom. The van der Waals surface area contributed by atoms with E-state index in [1.165, 1.54) is 0 Å². The summed E-state index contributed by atoms with van der Waals surface area (Å²) in [6, 6.07) is 16.4. The van der Waals surface area contributed by atoms with Gasteiger partial charge in [0.1, 0.15) is 23.9 Å². The van der Waals surface area contributed by atoms with Gasteiger partial charge in [0.2, 0.25) is 23.6 Å². The lowest BCUT2D eigenvalue weighted by molar-refractivity contribution is -0.135. The molecule has 1 heterocycles. The molecule has 1 saturated carbocycles. The van der Waals surface area contributed by atoms with Crippen molar-refractivity contribution in [2.24, 2.45) is 11.7 Å². The maximum Gasteiger partial charge on any atom is 0.243 e. The Morgan fingerprint density at radius 1 is 0.857 bits per heavy atom. The molecule has 5 rings (SSSR count). The van der Waals surface area contributed by atoms with Crippen molar-refractivity contribution < 1.29 is 23.9 Å². The van der Waals surface area contributed by atoms with Crippen LogP contribution in [0.15, 0.2) is 60.7 Å². The number of halogens is 1. The first-order valence-electron chi connectivity index (χ1n) is 17.6. The molecule has 0 spiro atoms. The van der Waals surface area contributed by atoms with Crippen LogP contribution in [0, 0.1) is 5.92 Å². The molecule has 0 saturated heterocycles. The van der Waals surface area contributed by atoms with Gasteiger partial charge in [-0.15, -0.1) is 0 Å². The van der Waals surface area contributed by atoms with Crippen molar-refractivity contribution in [3.8, 4) is 5.75 Å². The minimum Gasteiger partial charge on any atom is -0.493 e. The molecule has 0 aromatic heterocycles. The minimum atomic E-state index is -0.880. The summed E-state index contributed by atoms with van der Waals surface area (Å²) in [5.41, 5.74) is 7.44. The van der Waals surface area contributed by atoms with Gasteiger partial charge in [0.15, 0.2) is 0 Å². The summed E-state index contributed by atoms with van der Waals surface area (Å²) < 4.78 is 5.77. The van der Waals surface area contributed by atoms with Crippen LogP contribution < -0.4 is 31.7 Å². The third kappa shape index (κ3) is 9.73. The lowest BCUT2D eigenvalue weighted by atomic mass is 9.95. The molecule has 1 fully saturated rings. The van der Waals surface area contributed by atoms with Crippen molar-refractivity contribution >= 4 is 46.0 Å². The predicted molar refractivity (Wildman–Crippen MR) is 191 cm³/mol. The Morgan fingerprint density at radius 3 is 2.39 bits per heavy atom. The lowest BCUT2D eigenvalue weighted by Crippen LogP contribution is -2.59. The van der Waals surface area contributed by atoms with Crippen LogP contribution in [0.4, 0.5) is 0 Å². The molecule has 0 unspecified atom stereocenters. The van der Waals surface area contributed by atoms with E-state index in [2.05, 4.69) is 21.3 Å². The van der Waals surface area contributed by atoms with Crippen LogP contribution in [0.5, 0.6) is 5.75 Å². The fraction of sp³-hybridized carbons (Fsp3) is 0.474. The summed E-state index contributed by atoms with van der Waals surface area (Å²) in [4.78, 5) is 54.4. The summed E-state index contributed by atoms with van der Waals surface area (Å²) in [5, 5.41) is 14.6. The number of carbonyl (C=O) groups excluding carboxylic acids is 4. The van der Waals surface area contributed by atoms with Gasteiger partial charge >= 0.3 is 0 Å². The maximum atomic E-state index is 14.1. The number of ether oxygens (including phenoxy) is 1. The number of fused-ring (bicyclic) bond motifs is 2. The Hall–Kier alpha value is -4.15. The Labute approximate surface area is 293 Å². The van der Waals surface area contributed by atoms with Gasteiger partial charge in [0.25, 0.3) is 0 Å². The highest BCUT2D eigenvalue weighted by Gasteiger charge is 2.36. The molecule has 49 heavy (non-hydrogen) atoms. The van der Waals surface area contributed by atoms with Crippen LogP contribution in [0.2, 0.25) is 5.02 Å². The molecule has 3 aromatic carbocycles. The first-order chi connectivity index (χ1) is 23.7. The number of hydrogen-bond acceptors (Lipinski definition) is 6. The number of benzene rings is 3. The van der Waals surface area contributed by atoms with Crippen LogP contribution in [0.1, 0.15) is 81.9 Å². The monoisotopic (exact) mass is 689 g/mol. The molecule has 4 amide bonds. The number of hydrogen-bond donors (Lipinski definition) is 5. The second-order valence-corrected chi connectivity index (χ2v) is 13.6. The number of amides is 4. The number of nitrogens with two attached hydrogens (primary N) is 1. The molecule has 4 atom stereocenters. The van der Waals surface area contributed by atoms with E-state index in [0.29, 0.717) is 49.6 Å². The van der Waals surface area contributed by atoms with E-state index in [-0.39, 0.29) is 36.6 Å². The highest BCUT2D eigenvalue weighted by molar-refractivity contribution is 6.30. The van der Waals surface area contributed by atoms with Gasteiger partial charge in [-0.05, 0) is 79.1 Å². The van der Waals surface area contributed by atoms with Crippen LogP contribution >= 0.6 is 11.6 Å². The summed E-state index contributed by atoms with van der Waals surface area (Å²) in [5.74, 6) is -0.831. The quantitative estimate of drug-likeness (QED) is 0.144. The topological polar surface area (TPSA) is 152 Å². The fourth-order valence-corrected chi connectivity index (χ4v) is 7.04. The SMILES string of the molecule is CCC(=O)N[C@@H](Cc1ccc2ccccc2c1)C(=O)N[C@H](C(=O)N[C@@H](CCCCN)C(=O)N[C@@H]1CCOc2ccc(Cl)cc21)C1CCCC1. The van der Waals surface area contributed by atoms with E-state index in [1.807, 2.05) is 42.5 Å². The van der Waals surface area contributed by atoms with Crippen molar-refractivity contribution in [3.63, 3.8) is 0 Å². The minimum absolute atomic E-state index is 0.0931. The van der Waals surface area contributed by atoms with Crippen LogP contribution in [-0.4, -0.2) is 54.9 Å². The zero-order chi connectivity index (χ0) is 34.8. The number of unbranched alkanes of at least 4 members (excludes halogenated alkanes) is 1. The molecule has 0 radical (unpaired) electrons. The van der Waals surface area contributed by atoms with Crippen LogP contribution in [0.25, 0.3) is 10.8 Å². The largest absolute Gasteiger partial charge is 0.493 e. The van der Waals surface area contributed by atoms with Gasteiger partial charge in [-0.1, -0.05) is 73.8 Å². The molecule has 262 valence electrons. The molecular formula is C38H48ClN5O5. The summed E-state index contributed by atoms with van der Waals surface area (Å²) in [6.07, 6.45) is 6.23.